The Hall–Kier alpha value is -0.570. The average molecular weight is 226 g/mol. The van der Waals surface area contributed by atoms with E-state index in [4.69, 9.17) is 0 Å². The molecule has 1 amide bonds. The largest absolute Gasteiger partial charge is 0.356 e. The molecule has 0 aromatic carbocycles. The third kappa shape index (κ3) is 5.50. The van der Waals surface area contributed by atoms with Gasteiger partial charge in [0.05, 0.1) is 0 Å². The molecule has 3 heteroatoms. The van der Waals surface area contributed by atoms with Gasteiger partial charge in [-0.05, 0) is 37.8 Å². The fourth-order valence-corrected chi connectivity index (χ4v) is 2.34. The quantitative estimate of drug-likeness (QED) is 0.726. The van der Waals surface area contributed by atoms with Crippen molar-refractivity contribution >= 4 is 5.91 Å². The molecule has 0 bridgehead atoms. The fraction of sp³-hybridized carbons (Fsp3) is 0.923. The second-order valence-electron chi connectivity index (χ2n) is 5.11. The number of nitrogens with one attached hydrogen (secondary N) is 2. The van der Waals surface area contributed by atoms with E-state index in [0.717, 1.165) is 26.1 Å². The number of carbonyl (C=O) groups excluding carboxylic acids is 1. The molecule has 1 aliphatic rings. The van der Waals surface area contributed by atoms with E-state index >= 15 is 0 Å². The van der Waals surface area contributed by atoms with Crippen LogP contribution in [-0.4, -0.2) is 25.5 Å². The summed E-state index contributed by atoms with van der Waals surface area (Å²) >= 11 is 0. The minimum Gasteiger partial charge on any atom is -0.356 e. The third-order valence-electron chi connectivity index (χ3n) is 3.30. The first-order valence-electron chi connectivity index (χ1n) is 6.69. The number of hydrogen-bond acceptors (Lipinski definition) is 2. The highest BCUT2D eigenvalue weighted by Crippen LogP contribution is 2.11. The second-order valence-corrected chi connectivity index (χ2v) is 5.11. The van der Waals surface area contributed by atoms with Gasteiger partial charge < -0.3 is 10.6 Å². The summed E-state index contributed by atoms with van der Waals surface area (Å²) < 4.78 is 0. The molecule has 3 nitrogen and oxygen atoms in total. The van der Waals surface area contributed by atoms with E-state index in [1.807, 2.05) is 0 Å². The molecule has 1 rings (SSSR count). The molecule has 1 aliphatic heterocycles. The van der Waals surface area contributed by atoms with Crippen LogP contribution in [-0.2, 0) is 4.79 Å². The van der Waals surface area contributed by atoms with Crippen molar-refractivity contribution in [2.75, 3.05) is 19.6 Å². The Balaban J connectivity index is 2.09. The van der Waals surface area contributed by atoms with Crippen molar-refractivity contribution < 1.29 is 4.79 Å². The molecule has 0 saturated carbocycles. The van der Waals surface area contributed by atoms with Gasteiger partial charge in [-0.1, -0.05) is 26.7 Å². The van der Waals surface area contributed by atoms with E-state index in [0.29, 0.717) is 18.3 Å². The normalized spacial score (nSPS) is 22.8. The number of rotatable bonds is 6. The standard InChI is InChI=1S/C13H26N2O/c1-3-5-11(2)8-13(16)15-10-12-6-4-7-14-9-12/h11-12,14H,3-10H2,1-2H3,(H,15,16). The summed E-state index contributed by atoms with van der Waals surface area (Å²) in [6.45, 7) is 7.38. The topological polar surface area (TPSA) is 41.1 Å². The number of piperidine rings is 1. The van der Waals surface area contributed by atoms with Crippen LogP contribution in [0.15, 0.2) is 0 Å². The molecule has 0 aromatic heterocycles. The maximum atomic E-state index is 11.6. The van der Waals surface area contributed by atoms with E-state index < -0.39 is 0 Å². The van der Waals surface area contributed by atoms with Crippen molar-refractivity contribution in [3.63, 3.8) is 0 Å². The third-order valence-corrected chi connectivity index (χ3v) is 3.30. The highest BCUT2D eigenvalue weighted by molar-refractivity contribution is 5.76. The van der Waals surface area contributed by atoms with Crippen molar-refractivity contribution in [1.82, 2.24) is 10.6 Å². The van der Waals surface area contributed by atoms with Crippen molar-refractivity contribution in [2.24, 2.45) is 11.8 Å². The van der Waals surface area contributed by atoms with Gasteiger partial charge in [-0.3, -0.25) is 4.79 Å². The molecular weight excluding hydrogens is 200 g/mol. The van der Waals surface area contributed by atoms with Gasteiger partial charge in [0.2, 0.25) is 5.91 Å². The first kappa shape index (κ1) is 13.5. The fourth-order valence-electron chi connectivity index (χ4n) is 2.34. The monoisotopic (exact) mass is 226 g/mol. The van der Waals surface area contributed by atoms with Gasteiger partial charge in [0.1, 0.15) is 0 Å². The van der Waals surface area contributed by atoms with Gasteiger partial charge in [0.25, 0.3) is 0 Å². The summed E-state index contributed by atoms with van der Waals surface area (Å²) in [5.74, 6) is 1.39. The highest BCUT2D eigenvalue weighted by Gasteiger charge is 2.14. The van der Waals surface area contributed by atoms with Crippen LogP contribution in [0.3, 0.4) is 0 Å². The predicted molar refractivity (Wildman–Crippen MR) is 67.3 cm³/mol. The summed E-state index contributed by atoms with van der Waals surface area (Å²) in [4.78, 5) is 11.6. The van der Waals surface area contributed by atoms with Crippen molar-refractivity contribution in [3.8, 4) is 0 Å². The van der Waals surface area contributed by atoms with Gasteiger partial charge in [-0.25, -0.2) is 0 Å². The SMILES string of the molecule is CCCC(C)CC(=O)NCC1CCCNC1. The summed E-state index contributed by atoms with van der Waals surface area (Å²) in [5, 5.41) is 6.43. The molecule has 2 unspecified atom stereocenters. The Bertz CT molecular complexity index is 200. The molecule has 1 fully saturated rings. The molecule has 94 valence electrons. The van der Waals surface area contributed by atoms with E-state index in [-0.39, 0.29) is 5.91 Å². The van der Waals surface area contributed by atoms with Crippen molar-refractivity contribution in [3.05, 3.63) is 0 Å². The Morgan fingerprint density at radius 3 is 3.00 bits per heavy atom. The Morgan fingerprint density at radius 1 is 1.56 bits per heavy atom. The molecule has 16 heavy (non-hydrogen) atoms. The summed E-state index contributed by atoms with van der Waals surface area (Å²) in [7, 11) is 0. The minimum atomic E-state index is 0.228. The predicted octanol–water partition coefficient (Wildman–Crippen LogP) is 1.93. The Morgan fingerprint density at radius 2 is 2.38 bits per heavy atom. The molecule has 2 N–H and O–H groups in total. The van der Waals surface area contributed by atoms with Gasteiger partial charge in [0.15, 0.2) is 0 Å². The highest BCUT2D eigenvalue weighted by atomic mass is 16.1. The van der Waals surface area contributed by atoms with Crippen molar-refractivity contribution in [1.29, 1.82) is 0 Å². The first-order valence-corrected chi connectivity index (χ1v) is 6.69. The van der Waals surface area contributed by atoms with Crippen LogP contribution in [0.1, 0.15) is 46.0 Å². The Kier molecular flexibility index (Phi) is 6.46. The smallest absolute Gasteiger partial charge is 0.220 e. The van der Waals surface area contributed by atoms with Gasteiger partial charge in [0, 0.05) is 13.0 Å². The maximum Gasteiger partial charge on any atom is 0.220 e. The molecule has 0 spiro atoms. The lowest BCUT2D eigenvalue weighted by molar-refractivity contribution is -0.122. The molecule has 0 radical (unpaired) electrons. The van der Waals surface area contributed by atoms with Crippen LogP contribution in [0.25, 0.3) is 0 Å². The van der Waals surface area contributed by atoms with Crippen LogP contribution in [0.4, 0.5) is 0 Å². The molecule has 2 atom stereocenters. The minimum absolute atomic E-state index is 0.228. The maximum absolute atomic E-state index is 11.6. The van der Waals surface area contributed by atoms with Crippen LogP contribution in [0.5, 0.6) is 0 Å². The van der Waals surface area contributed by atoms with Gasteiger partial charge >= 0.3 is 0 Å². The van der Waals surface area contributed by atoms with Crippen LogP contribution >= 0.6 is 0 Å². The number of carbonyl (C=O) groups is 1. The first-order chi connectivity index (χ1) is 7.72. The lowest BCUT2D eigenvalue weighted by atomic mass is 9.99. The van der Waals surface area contributed by atoms with E-state index in [1.165, 1.54) is 19.3 Å². The zero-order valence-electron chi connectivity index (χ0n) is 10.7. The summed E-state index contributed by atoms with van der Waals surface area (Å²) in [6, 6.07) is 0. The molecule has 1 heterocycles. The molecule has 0 aliphatic carbocycles. The molecular formula is C13H26N2O. The van der Waals surface area contributed by atoms with Gasteiger partial charge in [-0.2, -0.15) is 0 Å². The van der Waals surface area contributed by atoms with Crippen LogP contribution in [0, 0.1) is 11.8 Å². The lowest BCUT2D eigenvalue weighted by Gasteiger charge is -2.23. The summed E-state index contributed by atoms with van der Waals surface area (Å²) in [6.07, 6.45) is 5.50. The summed E-state index contributed by atoms with van der Waals surface area (Å²) in [5.41, 5.74) is 0. The van der Waals surface area contributed by atoms with E-state index in [1.54, 1.807) is 0 Å². The second kappa shape index (κ2) is 7.66. The average Bonchev–Trinajstić information content (AvgIpc) is 2.28. The van der Waals surface area contributed by atoms with E-state index in [9.17, 15) is 4.79 Å². The molecule has 0 aromatic rings. The number of amides is 1. The lowest BCUT2D eigenvalue weighted by Crippen LogP contribution is -2.38. The van der Waals surface area contributed by atoms with Crippen molar-refractivity contribution in [2.45, 2.75) is 46.0 Å². The van der Waals surface area contributed by atoms with Crippen LogP contribution in [0.2, 0.25) is 0 Å². The van der Waals surface area contributed by atoms with Crippen LogP contribution < -0.4 is 10.6 Å². The van der Waals surface area contributed by atoms with E-state index in [2.05, 4.69) is 24.5 Å². The zero-order valence-corrected chi connectivity index (χ0v) is 10.7. The zero-order chi connectivity index (χ0) is 11.8. The Labute approximate surface area is 99.4 Å². The van der Waals surface area contributed by atoms with Gasteiger partial charge in [-0.15, -0.1) is 0 Å². The molecule has 1 saturated heterocycles. The number of hydrogen-bond donors (Lipinski definition) is 2.